The molecule has 8 N–H and O–H groups in total. The number of nitrogens with one attached hydrogen (secondary N) is 4. The number of anilines is 1. The van der Waals surface area contributed by atoms with Crippen molar-refractivity contribution in [3.05, 3.63) is 29.8 Å². The summed E-state index contributed by atoms with van der Waals surface area (Å²) < 4.78 is 0. The predicted octanol–water partition coefficient (Wildman–Crippen LogP) is 0.193. The number of hydrogen-bond acceptors (Lipinski definition) is 6. The molecule has 0 aliphatic rings. The Morgan fingerprint density at radius 2 is 1.76 bits per heavy atom. The van der Waals surface area contributed by atoms with E-state index in [1.165, 1.54) is 0 Å². The van der Waals surface area contributed by atoms with Crippen molar-refractivity contribution in [2.45, 2.75) is 45.4 Å². The second-order valence-electron chi connectivity index (χ2n) is 7.00. The highest BCUT2D eigenvalue weighted by atomic mass is 16.6. The molecule has 10 heteroatoms. The van der Waals surface area contributed by atoms with Crippen molar-refractivity contribution in [2.24, 2.45) is 17.5 Å². The third-order valence-corrected chi connectivity index (χ3v) is 4.33. The molecular formula is C19H32N6O4. The van der Waals surface area contributed by atoms with Gasteiger partial charge in [0.25, 0.3) is 0 Å². The molecule has 0 bridgehead atoms. The number of urea groups is 1. The van der Waals surface area contributed by atoms with Crippen molar-refractivity contribution >= 4 is 23.5 Å². The lowest BCUT2D eigenvalue weighted by Crippen LogP contribution is -2.52. The van der Waals surface area contributed by atoms with Crippen LogP contribution in [0.3, 0.4) is 0 Å². The first kappa shape index (κ1) is 24.3. The van der Waals surface area contributed by atoms with Gasteiger partial charge in [-0.05, 0) is 43.5 Å². The van der Waals surface area contributed by atoms with E-state index in [0.29, 0.717) is 25.1 Å². The fraction of sp³-hybridized carbons (Fsp3) is 0.526. The molecule has 0 aliphatic carbocycles. The van der Waals surface area contributed by atoms with Crippen molar-refractivity contribution < 1.29 is 19.2 Å². The van der Waals surface area contributed by atoms with Gasteiger partial charge in [0.1, 0.15) is 6.04 Å². The van der Waals surface area contributed by atoms with E-state index < -0.39 is 18.1 Å². The Balaban J connectivity index is 2.80. The number of carbonyl (C=O) groups excluding carboxylic acids is 3. The molecule has 162 valence electrons. The van der Waals surface area contributed by atoms with Gasteiger partial charge in [0.05, 0.1) is 12.6 Å². The summed E-state index contributed by atoms with van der Waals surface area (Å²) in [5.74, 6) is 4.49. The van der Waals surface area contributed by atoms with Crippen LogP contribution in [0.1, 0.15) is 32.3 Å². The first-order valence-corrected chi connectivity index (χ1v) is 9.50. The van der Waals surface area contributed by atoms with Crippen LogP contribution in [0.2, 0.25) is 0 Å². The maximum Gasteiger partial charge on any atom is 0.312 e. The van der Waals surface area contributed by atoms with Crippen LogP contribution in [0.15, 0.2) is 24.3 Å². The molecule has 10 nitrogen and oxygen atoms in total. The summed E-state index contributed by atoms with van der Waals surface area (Å²) in [7, 11) is 1.70. The molecule has 0 aromatic heterocycles. The molecule has 0 fully saturated rings. The summed E-state index contributed by atoms with van der Waals surface area (Å²) in [5, 5.41) is 11.0. The lowest BCUT2D eigenvalue weighted by molar-refractivity contribution is -0.128. The number of benzene rings is 1. The number of likely N-dealkylation sites (N-methyl/N-ethyl adjacent to an activating group) is 1. The predicted molar refractivity (Wildman–Crippen MR) is 110 cm³/mol. The van der Waals surface area contributed by atoms with Crippen LogP contribution < -0.4 is 32.9 Å². The molecule has 2 atom stereocenters. The van der Waals surface area contributed by atoms with E-state index in [9.17, 15) is 14.4 Å². The summed E-state index contributed by atoms with van der Waals surface area (Å²) >= 11 is 0. The van der Waals surface area contributed by atoms with E-state index in [2.05, 4.69) is 26.1 Å². The number of rotatable bonds is 12. The van der Waals surface area contributed by atoms with Crippen LogP contribution in [0.25, 0.3) is 0 Å². The van der Waals surface area contributed by atoms with Crippen molar-refractivity contribution in [2.75, 3.05) is 18.9 Å². The summed E-state index contributed by atoms with van der Waals surface area (Å²) in [6.07, 6.45) is 0.811. The molecule has 0 spiro atoms. The van der Waals surface area contributed by atoms with E-state index in [0.717, 1.165) is 5.56 Å². The Morgan fingerprint density at radius 3 is 2.28 bits per heavy atom. The number of amides is 4. The molecule has 4 amide bonds. The smallest absolute Gasteiger partial charge is 0.312 e. The van der Waals surface area contributed by atoms with E-state index >= 15 is 0 Å². The lowest BCUT2D eigenvalue weighted by Gasteiger charge is -2.24. The quantitative estimate of drug-likeness (QED) is 0.214. The minimum absolute atomic E-state index is 0.0533. The fourth-order valence-electron chi connectivity index (χ4n) is 2.83. The Morgan fingerprint density at radius 1 is 1.10 bits per heavy atom. The van der Waals surface area contributed by atoms with Crippen LogP contribution in [-0.2, 0) is 21.0 Å². The van der Waals surface area contributed by atoms with E-state index in [1.807, 2.05) is 13.8 Å². The third kappa shape index (κ3) is 8.90. The second kappa shape index (κ2) is 12.7. The summed E-state index contributed by atoms with van der Waals surface area (Å²) in [6, 6.07) is 5.19. The van der Waals surface area contributed by atoms with Crippen LogP contribution in [0.5, 0.6) is 0 Å². The molecule has 1 rings (SSSR count). The number of primary amides is 1. The van der Waals surface area contributed by atoms with Gasteiger partial charge < -0.3 is 27.0 Å². The molecule has 0 aliphatic heterocycles. The van der Waals surface area contributed by atoms with Gasteiger partial charge >= 0.3 is 6.03 Å². The Bertz CT molecular complexity index is 665. The fourth-order valence-corrected chi connectivity index (χ4v) is 2.83. The maximum absolute atomic E-state index is 12.8. The first-order valence-electron chi connectivity index (χ1n) is 9.50. The number of hydrogen-bond donors (Lipinski definition) is 6. The Labute approximate surface area is 171 Å². The van der Waals surface area contributed by atoms with Crippen molar-refractivity contribution in [3.8, 4) is 0 Å². The van der Waals surface area contributed by atoms with Crippen molar-refractivity contribution in [3.63, 3.8) is 0 Å². The zero-order chi connectivity index (χ0) is 21.8. The zero-order valence-corrected chi connectivity index (χ0v) is 17.2. The van der Waals surface area contributed by atoms with E-state index in [1.54, 1.807) is 31.3 Å². The molecule has 1 aromatic carbocycles. The van der Waals surface area contributed by atoms with Gasteiger partial charge in [-0.25, -0.2) is 10.7 Å². The molecule has 0 saturated heterocycles. The normalized spacial score (nSPS) is 12.9. The van der Waals surface area contributed by atoms with Crippen LogP contribution in [0.4, 0.5) is 10.5 Å². The van der Waals surface area contributed by atoms with Crippen LogP contribution >= 0.6 is 0 Å². The largest absolute Gasteiger partial charge is 0.352 e. The van der Waals surface area contributed by atoms with E-state index in [4.69, 9.17) is 11.6 Å². The first-order chi connectivity index (χ1) is 13.8. The molecule has 0 radical (unpaired) electrons. The highest BCUT2D eigenvalue weighted by Gasteiger charge is 2.26. The van der Waals surface area contributed by atoms with Gasteiger partial charge in [0.15, 0.2) is 0 Å². The Hall–Kier alpha value is -2.69. The minimum Gasteiger partial charge on any atom is -0.352 e. The molecular weight excluding hydrogens is 376 g/mol. The lowest BCUT2D eigenvalue weighted by atomic mass is 10.0. The van der Waals surface area contributed by atoms with Gasteiger partial charge in [0, 0.05) is 12.2 Å². The monoisotopic (exact) mass is 408 g/mol. The third-order valence-electron chi connectivity index (χ3n) is 4.33. The van der Waals surface area contributed by atoms with Gasteiger partial charge in [0.2, 0.25) is 11.8 Å². The van der Waals surface area contributed by atoms with Crippen LogP contribution in [0, 0.1) is 5.92 Å². The number of nitrogens with two attached hydrogens (primary N) is 2. The average molecular weight is 409 g/mol. The standard InChI is InChI=1S/C19H32N6O4/c1-12(2)16(22-3)18(27)25-15(5-4-10-23-19(20)28)17(26)24-14-8-6-13(7-9-14)11-29-21/h6-9,12,15-16,22H,4-5,10-11,21H2,1-3H3,(H,24,26)(H,25,27)(H3,20,23,28). The molecule has 0 heterocycles. The molecule has 2 unspecified atom stereocenters. The van der Waals surface area contributed by atoms with Crippen molar-refractivity contribution in [1.82, 2.24) is 16.0 Å². The summed E-state index contributed by atoms with van der Waals surface area (Å²) in [6.45, 7) is 4.40. The highest BCUT2D eigenvalue weighted by Crippen LogP contribution is 2.12. The summed E-state index contributed by atoms with van der Waals surface area (Å²) in [5.41, 5.74) is 6.50. The Kier molecular flexibility index (Phi) is 10.7. The van der Waals surface area contributed by atoms with Gasteiger partial charge in [-0.1, -0.05) is 26.0 Å². The van der Waals surface area contributed by atoms with Crippen LogP contribution in [-0.4, -0.2) is 43.5 Å². The van der Waals surface area contributed by atoms with E-state index in [-0.39, 0.29) is 24.3 Å². The molecule has 29 heavy (non-hydrogen) atoms. The van der Waals surface area contributed by atoms with Gasteiger partial charge in [-0.2, -0.15) is 0 Å². The second-order valence-corrected chi connectivity index (χ2v) is 7.00. The maximum atomic E-state index is 12.8. The van der Waals surface area contributed by atoms with Gasteiger partial charge in [-0.15, -0.1) is 0 Å². The SMILES string of the molecule is CNC(C(=O)NC(CCCNC(N)=O)C(=O)Nc1ccc(CON)cc1)C(C)C. The zero-order valence-electron chi connectivity index (χ0n) is 17.2. The molecule has 0 saturated carbocycles. The van der Waals surface area contributed by atoms with Gasteiger partial charge in [-0.3, -0.25) is 14.4 Å². The average Bonchev–Trinajstić information content (AvgIpc) is 2.66. The topological polar surface area (TPSA) is 161 Å². The minimum atomic E-state index is -0.765. The van der Waals surface area contributed by atoms with Crippen molar-refractivity contribution in [1.29, 1.82) is 0 Å². The summed E-state index contributed by atoms with van der Waals surface area (Å²) in [4.78, 5) is 40.7. The molecule has 1 aromatic rings. The number of carbonyl (C=O) groups is 3. The highest BCUT2D eigenvalue weighted by molar-refractivity contribution is 5.97.